The summed E-state index contributed by atoms with van der Waals surface area (Å²) in [5.74, 6) is -0.196. The van der Waals surface area contributed by atoms with Crippen LogP contribution < -0.4 is 5.32 Å². The van der Waals surface area contributed by atoms with Crippen LogP contribution in [0.4, 0.5) is 0 Å². The normalized spacial score (nSPS) is 26.6. The average molecular weight is 370 g/mol. The molecule has 5 nitrogen and oxygen atoms in total. The molecule has 1 spiro atoms. The molecule has 2 unspecified atom stereocenters. The second-order valence-electron chi connectivity index (χ2n) is 8.55. The second kappa shape index (κ2) is 7.27. The third-order valence-electron chi connectivity index (χ3n) is 6.39. The maximum absolute atomic E-state index is 13.5. The first-order valence-electron chi connectivity index (χ1n) is 10.4. The minimum atomic E-state index is -0.420. The Kier molecular flexibility index (Phi) is 4.97. The predicted octanol–water partition coefficient (Wildman–Crippen LogP) is 3.24. The van der Waals surface area contributed by atoms with Gasteiger partial charge in [0.1, 0.15) is 0 Å². The van der Waals surface area contributed by atoms with Gasteiger partial charge in [0.2, 0.25) is 5.91 Å². The highest BCUT2D eigenvalue weighted by atomic mass is 16.5. The van der Waals surface area contributed by atoms with Gasteiger partial charge >= 0.3 is 0 Å². The molecule has 2 fully saturated rings. The molecular formula is C22H30N2O3. The van der Waals surface area contributed by atoms with E-state index in [2.05, 4.69) is 5.32 Å². The highest BCUT2D eigenvalue weighted by molar-refractivity contribution is 6.02. The highest BCUT2D eigenvalue weighted by Gasteiger charge is 2.56. The first-order chi connectivity index (χ1) is 13.0. The van der Waals surface area contributed by atoms with Gasteiger partial charge in [-0.15, -0.1) is 0 Å². The average Bonchev–Trinajstić information content (AvgIpc) is 3.31. The van der Waals surface area contributed by atoms with Crippen LogP contribution in [0.1, 0.15) is 74.2 Å². The molecule has 1 aliphatic carbocycles. The number of carbonyl (C=O) groups is 2. The van der Waals surface area contributed by atoms with E-state index in [1.54, 1.807) is 0 Å². The van der Waals surface area contributed by atoms with Crippen molar-refractivity contribution in [2.24, 2.45) is 0 Å². The van der Waals surface area contributed by atoms with Crippen molar-refractivity contribution >= 4 is 11.8 Å². The summed E-state index contributed by atoms with van der Waals surface area (Å²) in [7, 11) is 0. The van der Waals surface area contributed by atoms with E-state index in [4.69, 9.17) is 4.74 Å². The van der Waals surface area contributed by atoms with Gasteiger partial charge in [-0.05, 0) is 51.2 Å². The summed E-state index contributed by atoms with van der Waals surface area (Å²) in [6.07, 6.45) is 6.01. The van der Waals surface area contributed by atoms with E-state index in [1.807, 2.05) is 43.0 Å². The lowest BCUT2D eigenvalue weighted by molar-refractivity contribution is -0.127. The monoisotopic (exact) mass is 370 g/mol. The van der Waals surface area contributed by atoms with Gasteiger partial charge in [-0.2, -0.15) is 0 Å². The third kappa shape index (κ3) is 3.16. The SMILES string of the molecule is CC(C)NC(=O)C1c2ccccc2C(=O)N(CC2CCCO2)C12CCCC2. The van der Waals surface area contributed by atoms with Gasteiger partial charge in [-0.25, -0.2) is 0 Å². The zero-order chi connectivity index (χ0) is 19.0. The molecule has 5 heteroatoms. The van der Waals surface area contributed by atoms with E-state index in [-0.39, 0.29) is 29.9 Å². The number of nitrogens with one attached hydrogen (secondary N) is 1. The lowest BCUT2D eigenvalue weighted by Crippen LogP contribution is -2.62. The van der Waals surface area contributed by atoms with Gasteiger partial charge in [0, 0.05) is 24.8 Å². The lowest BCUT2D eigenvalue weighted by atomic mass is 9.70. The summed E-state index contributed by atoms with van der Waals surface area (Å²) >= 11 is 0. The molecular weight excluding hydrogens is 340 g/mol. The number of benzene rings is 1. The number of hydrogen-bond donors (Lipinski definition) is 1. The van der Waals surface area contributed by atoms with Gasteiger partial charge in [-0.3, -0.25) is 9.59 Å². The summed E-state index contributed by atoms with van der Waals surface area (Å²) < 4.78 is 5.86. The molecule has 0 aromatic heterocycles. The largest absolute Gasteiger partial charge is 0.376 e. The van der Waals surface area contributed by atoms with Crippen LogP contribution in [-0.2, 0) is 9.53 Å². The van der Waals surface area contributed by atoms with Crippen molar-refractivity contribution in [1.82, 2.24) is 10.2 Å². The van der Waals surface area contributed by atoms with Gasteiger partial charge < -0.3 is 15.0 Å². The van der Waals surface area contributed by atoms with Crippen molar-refractivity contribution < 1.29 is 14.3 Å². The minimum absolute atomic E-state index is 0.0455. The van der Waals surface area contributed by atoms with Crippen molar-refractivity contribution in [3.8, 4) is 0 Å². The van der Waals surface area contributed by atoms with Crippen molar-refractivity contribution in [3.63, 3.8) is 0 Å². The van der Waals surface area contributed by atoms with E-state index in [9.17, 15) is 9.59 Å². The Hall–Kier alpha value is -1.88. The Balaban J connectivity index is 1.79. The number of nitrogens with zero attached hydrogens (tertiary/aromatic N) is 1. The van der Waals surface area contributed by atoms with Gasteiger partial charge in [0.25, 0.3) is 5.91 Å². The standard InChI is InChI=1S/C22H30N2O3/c1-15(2)23-20(25)19-17-9-3-4-10-18(17)21(26)24(14-16-8-7-13-27-16)22(19)11-5-6-12-22/h3-4,9-10,15-16,19H,5-8,11-14H2,1-2H3,(H,23,25). The Morgan fingerprint density at radius 2 is 2.00 bits per heavy atom. The number of hydrogen-bond acceptors (Lipinski definition) is 3. The molecule has 2 atom stereocenters. The molecule has 1 aromatic rings. The Bertz CT molecular complexity index is 718. The number of amides is 2. The maximum Gasteiger partial charge on any atom is 0.254 e. The van der Waals surface area contributed by atoms with Crippen LogP contribution in [0.15, 0.2) is 24.3 Å². The summed E-state index contributed by atoms with van der Waals surface area (Å²) in [6.45, 7) is 5.35. The molecule has 1 saturated carbocycles. The molecule has 1 N–H and O–H groups in total. The molecule has 0 radical (unpaired) electrons. The van der Waals surface area contributed by atoms with Crippen molar-refractivity contribution in [2.45, 2.75) is 76.0 Å². The maximum atomic E-state index is 13.5. The zero-order valence-corrected chi connectivity index (χ0v) is 16.4. The van der Waals surface area contributed by atoms with E-state index in [0.29, 0.717) is 12.1 Å². The first-order valence-corrected chi connectivity index (χ1v) is 10.4. The Morgan fingerprint density at radius 3 is 2.67 bits per heavy atom. The topological polar surface area (TPSA) is 58.6 Å². The predicted molar refractivity (Wildman–Crippen MR) is 104 cm³/mol. The fourth-order valence-electron chi connectivity index (χ4n) is 5.29. The molecule has 2 amide bonds. The molecule has 27 heavy (non-hydrogen) atoms. The summed E-state index contributed by atoms with van der Waals surface area (Å²) in [5.41, 5.74) is 1.15. The molecule has 1 aromatic carbocycles. The number of carbonyl (C=O) groups excluding carboxylic acids is 2. The van der Waals surface area contributed by atoms with Crippen molar-refractivity contribution in [2.75, 3.05) is 13.2 Å². The zero-order valence-electron chi connectivity index (χ0n) is 16.4. The molecule has 1 saturated heterocycles. The highest BCUT2D eigenvalue weighted by Crippen LogP contribution is 2.50. The quantitative estimate of drug-likeness (QED) is 0.885. The minimum Gasteiger partial charge on any atom is -0.376 e. The molecule has 0 bridgehead atoms. The molecule has 4 rings (SSSR count). The summed E-state index contributed by atoms with van der Waals surface area (Å²) in [4.78, 5) is 28.9. The van der Waals surface area contributed by atoms with Gasteiger partial charge in [0.15, 0.2) is 0 Å². The second-order valence-corrected chi connectivity index (χ2v) is 8.55. The molecule has 3 aliphatic rings. The van der Waals surface area contributed by atoms with Gasteiger partial charge in [0.05, 0.1) is 17.6 Å². The van der Waals surface area contributed by atoms with Crippen LogP contribution in [0.2, 0.25) is 0 Å². The fraction of sp³-hybridized carbons (Fsp3) is 0.636. The van der Waals surface area contributed by atoms with E-state index < -0.39 is 5.54 Å². The van der Waals surface area contributed by atoms with Crippen LogP contribution in [0.25, 0.3) is 0 Å². The Labute approximate surface area is 161 Å². The summed E-state index contributed by atoms with van der Waals surface area (Å²) in [6, 6.07) is 7.76. The van der Waals surface area contributed by atoms with Crippen LogP contribution >= 0.6 is 0 Å². The van der Waals surface area contributed by atoms with Crippen molar-refractivity contribution in [3.05, 3.63) is 35.4 Å². The molecule has 146 valence electrons. The Morgan fingerprint density at radius 1 is 1.26 bits per heavy atom. The van der Waals surface area contributed by atoms with E-state index in [0.717, 1.165) is 50.7 Å². The van der Waals surface area contributed by atoms with Crippen molar-refractivity contribution in [1.29, 1.82) is 0 Å². The molecule has 2 heterocycles. The number of ether oxygens (including phenoxy) is 1. The third-order valence-corrected chi connectivity index (χ3v) is 6.39. The van der Waals surface area contributed by atoms with E-state index in [1.165, 1.54) is 0 Å². The van der Waals surface area contributed by atoms with Gasteiger partial charge in [-0.1, -0.05) is 31.0 Å². The lowest BCUT2D eigenvalue weighted by Gasteiger charge is -2.50. The van der Waals surface area contributed by atoms with Crippen LogP contribution in [0.5, 0.6) is 0 Å². The van der Waals surface area contributed by atoms with Crippen LogP contribution in [0, 0.1) is 0 Å². The fourth-order valence-corrected chi connectivity index (χ4v) is 5.29. The van der Waals surface area contributed by atoms with Crippen LogP contribution in [0.3, 0.4) is 0 Å². The molecule has 2 aliphatic heterocycles. The number of rotatable bonds is 4. The first kappa shape index (κ1) is 18.5. The smallest absolute Gasteiger partial charge is 0.254 e. The summed E-state index contributed by atoms with van der Waals surface area (Å²) in [5, 5.41) is 3.13. The van der Waals surface area contributed by atoms with Crippen LogP contribution in [-0.4, -0.2) is 47.6 Å². The van der Waals surface area contributed by atoms with E-state index >= 15 is 0 Å². The number of fused-ring (bicyclic) bond motifs is 1.